The Morgan fingerprint density at radius 3 is 2.48 bits per heavy atom. The van der Waals surface area contributed by atoms with E-state index in [-0.39, 0.29) is 5.91 Å². The molecule has 0 aliphatic carbocycles. The van der Waals surface area contributed by atoms with Gasteiger partial charge in [0.1, 0.15) is 11.4 Å². The van der Waals surface area contributed by atoms with Crippen LogP contribution in [0, 0.1) is 0 Å². The molecular formula is C23H26N4O2. The quantitative estimate of drug-likeness (QED) is 0.672. The van der Waals surface area contributed by atoms with Gasteiger partial charge in [-0.25, -0.2) is 0 Å². The van der Waals surface area contributed by atoms with Crippen LogP contribution in [0.3, 0.4) is 0 Å². The SMILES string of the molecule is COc1cccc(-c2cc(C(=O)N3CCN(Cc4ccccc4)CC3)n(C)n2)c1. The monoisotopic (exact) mass is 390 g/mol. The van der Waals surface area contributed by atoms with Crippen LogP contribution in [0.4, 0.5) is 0 Å². The van der Waals surface area contributed by atoms with Gasteiger partial charge in [0.15, 0.2) is 0 Å². The standard InChI is InChI=1S/C23H26N4O2/c1-25-22(16-21(24-25)19-9-6-10-20(15-19)29-2)23(28)27-13-11-26(12-14-27)17-18-7-4-3-5-8-18/h3-10,15-16H,11-14,17H2,1-2H3. The Morgan fingerprint density at radius 1 is 1.00 bits per heavy atom. The van der Waals surface area contributed by atoms with Gasteiger partial charge < -0.3 is 9.64 Å². The zero-order valence-corrected chi connectivity index (χ0v) is 16.9. The first-order valence-electron chi connectivity index (χ1n) is 9.88. The molecule has 2 aromatic carbocycles. The zero-order valence-electron chi connectivity index (χ0n) is 16.9. The summed E-state index contributed by atoms with van der Waals surface area (Å²) in [6.45, 7) is 4.13. The smallest absolute Gasteiger partial charge is 0.272 e. The molecule has 0 radical (unpaired) electrons. The number of methoxy groups -OCH3 is 1. The third-order valence-corrected chi connectivity index (χ3v) is 5.37. The minimum absolute atomic E-state index is 0.0357. The first-order chi connectivity index (χ1) is 14.1. The van der Waals surface area contributed by atoms with E-state index in [1.807, 2.05) is 48.3 Å². The second kappa shape index (κ2) is 8.49. The van der Waals surface area contributed by atoms with Gasteiger partial charge in [0, 0.05) is 45.3 Å². The van der Waals surface area contributed by atoms with Crippen LogP contribution in [-0.2, 0) is 13.6 Å². The summed E-state index contributed by atoms with van der Waals surface area (Å²) in [7, 11) is 3.46. The van der Waals surface area contributed by atoms with E-state index < -0.39 is 0 Å². The number of hydrogen-bond acceptors (Lipinski definition) is 4. The molecule has 2 heterocycles. The Balaban J connectivity index is 1.42. The molecule has 1 amide bonds. The van der Waals surface area contributed by atoms with Crippen molar-refractivity contribution >= 4 is 5.91 Å². The number of benzene rings is 2. The Morgan fingerprint density at radius 2 is 1.76 bits per heavy atom. The van der Waals surface area contributed by atoms with E-state index in [4.69, 9.17) is 4.74 Å². The average Bonchev–Trinajstić information content (AvgIpc) is 3.16. The predicted molar refractivity (Wildman–Crippen MR) is 113 cm³/mol. The van der Waals surface area contributed by atoms with Crippen molar-refractivity contribution in [1.29, 1.82) is 0 Å². The summed E-state index contributed by atoms with van der Waals surface area (Å²) in [5, 5.41) is 4.55. The molecule has 1 aromatic heterocycles. The lowest BCUT2D eigenvalue weighted by molar-refractivity contribution is 0.0618. The average molecular weight is 390 g/mol. The van der Waals surface area contributed by atoms with E-state index in [2.05, 4.69) is 34.3 Å². The number of carbonyl (C=O) groups excluding carboxylic acids is 1. The number of carbonyl (C=O) groups is 1. The summed E-state index contributed by atoms with van der Waals surface area (Å²) in [5.74, 6) is 0.809. The third-order valence-electron chi connectivity index (χ3n) is 5.37. The summed E-state index contributed by atoms with van der Waals surface area (Å²) >= 11 is 0. The number of piperazine rings is 1. The lowest BCUT2D eigenvalue weighted by Gasteiger charge is -2.34. The minimum atomic E-state index is 0.0357. The van der Waals surface area contributed by atoms with E-state index in [1.54, 1.807) is 11.8 Å². The summed E-state index contributed by atoms with van der Waals surface area (Å²) in [5.41, 5.74) is 3.63. The molecule has 0 N–H and O–H groups in total. The first-order valence-corrected chi connectivity index (χ1v) is 9.88. The van der Waals surface area contributed by atoms with Crippen molar-refractivity contribution in [3.63, 3.8) is 0 Å². The molecule has 0 atom stereocenters. The van der Waals surface area contributed by atoms with Crippen LogP contribution in [-0.4, -0.2) is 58.8 Å². The molecular weight excluding hydrogens is 364 g/mol. The van der Waals surface area contributed by atoms with Gasteiger partial charge in [0.2, 0.25) is 0 Å². The van der Waals surface area contributed by atoms with E-state index >= 15 is 0 Å². The Bertz CT molecular complexity index is 976. The predicted octanol–water partition coefficient (Wildman–Crippen LogP) is 3.05. The number of ether oxygens (including phenoxy) is 1. The van der Waals surface area contributed by atoms with E-state index in [0.29, 0.717) is 5.69 Å². The number of nitrogens with zero attached hydrogens (tertiary/aromatic N) is 4. The van der Waals surface area contributed by atoms with Crippen molar-refractivity contribution in [2.45, 2.75) is 6.54 Å². The van der Waals surface area contributed by atoms with Gasteiger partial charge in [-0.2, -0.15) is 5.10 Å². The highest BCUT2D eigenvalue weighted by atomic mass is 16.5. The summed E-state index contributed by atoms with van der Waals surface area (Å²) in [4.78, 5) is 17.4. The van der Waals surface area contributed by atoms with Crippen LogP contribution < -0.4 is 4.74 Å². The highest BCUT2D eigenvalue weighted by molar-refractivity contribution is 5.93. The minimum Gasteiger partial charge on any atom is -0.497 e. The largest absolute Gasteiger partial charge is 0.497 e. The number of rotatable bonds is 5. The maximum absolute atomic E-state index is 13.1. The third kappa shape index (κ3) is 4.32. The van der Waals surface area contributed by atoms with Crippen molar-refractivity contribution in [3.05, 3.63) is 71.9 Å². The lowest BCUT2D eigenvalue weighted by Crippen LogP contribution is -2.48. The fraction of sp³-hybridized carbons (Fsp3) is 0.304. The van der Waals surface area contributed by atoms with Crippen LogP contribution in [0.5, 0.6) is 5.75 Å². The van der Waals surface area contributed by atoms with Gasteiger partial charge in [0.25, 0.3) is 5.91 Å². The van der Waals surface area contributed by atoms with Crippen LogP contribution >= 0.6 is 0 Å². The Kier molecular flexibility index (Phi) is 5.62. The lowest BCUT2D eigenvalue weighted by atomic mass is 10.1. The van der Waals surface area contributed by atoms with Gasteiger partial charge >= 0.3 is 0 Å². The molecule has 4 rings (SSSR count). The van der Waals surface area contributed by atoms with Gasteiger partial charge in [0.05, 0.1) is 12.8 Å². The van der Waals surface area contributed by atoms with Crippen molar-refractivity contribution in [3.8, 4) is 17.0 Å². The molecule has 1 aliphatic heterocycles. The van der Waals surface area contributed by atoms with Gasteiger partial charge in [-0.1, -0.05) is 42.5 Å². The second-order valence-electron chi connectivity index (χ2n) is 7.32. The van der Waals surface area contributed by atoms with E-state index in [0.717, 1.165) is 49.7 Å². The topological polar surface area (TPSA) is 50.6 Å². The number of hydrogen-bond donors (Lipinski definition) is 0. The molecule has 150 valence electrons. The number of aromatic nitrogens is 2. The van der Waals surface area contributed by atoms with Gasteiger partial charge in [-0.3, -0.25) is 14.4 Å². The van der Waals surface area contributed by atoms with Crippen molar-refractivity contribution in [2.75, 3.05) is 33.3 Å². The summed E-state index contributed by atoms with van der Waals surface area (Å²) < 4.78 is 6.97. The van der Waals surface area contributed by atoms with Crippen LogP contribution in [0.2, 0.25) is 0 Å². The molecule has 0 spiro atoms. The molecule has 0 saturated carbocycles. The van der Waals surface area contributed by atoms with Crippen molar-refractivity contribution < 1.29 is 9.53 Å². The fourth-order valence-corrected chi connectivity index (χ4v) is 3.70. The summed E-state index contributed by atoms with van der Waals surface area (Å²) in [6.07, 6.45) is 0. The van der Waals surface area contributed by atoms with Crippen LogP contribution in [0.25, 0.3) is 11.3 Å². The van der Waals surface area contributed by atoms with Gasteiger partial charge in [-0.15, -0.1) is 0 Å². The normalized spacial score (nSPS) is 14.8. The number of amides is 1. The van der Waals surface area contributed by atoms with Crippen LogP contribution in [0.1, 0.15) is 16.1 Å². The van der Waals surface area contributed by atoms with Crippen molar-refractivity contribution in [1.82, 2.24) is 19.6 Å². The molecule has 0 bridgehead atoms. The van der Waals surface area contributed by atoms with Crippen molar-refractivity contribution in [2.24, 2.45) is 7.05 Å². The second-order valence-corrected chi connectivity index (χ2v) is 7.32. The molecule has 0 unspecified atom stereocenters. The van der Waals surface area contributed by atoms with Crippen LogP contribution in [0.15, 0.2) is 60.7 Å². The Labute approximate surface area is 171 Å². The maximum atomic E-state index is 13.1. The first kappa shape index (κ1) is 19.2. The molecule has 1 saturated heterocycles. The number of aryl methyl sites for hydroxylation is 1. The highest BCUT2D eigenvalue weighted by Gasteiger charge is 2.25. The van der Waals surface area contributed by atoms with Gasteiger partial charge in [-0.05, 0) is 23.8 Å². The molecule has 3 aromatic rings. The molecule has 1 fully saturated rings. The molecule has 6 nitrogen and oxygen atoms in total. The molecule has 6 heteroatoms. The maximum Gasteiger partial charge on any atom is 0.272 e. The van der Waals surface area contributed by atoms with E-state index in [1.165, 1.54) is 5.56 Å². The molecule has 29 heavy (non-hydrogen) atoms. The zero-order chi connectivity index (χ0) is 20.2. The molecule has 1 aliphatic rings. The Hall–Kier alpha value is -3.12. The summed E-state index contributed by atoms with van der Waals surface area (Å²) in [6, 6.07) is 20.1. The fourth-order valence-electron chi connectivity index (χ4n) is 3.70. The highest BCUT2D eigenvalue weighted by Crippen LogP contribution is 2.24. The van der Waals surface area contributed by atoms with E-state index in [9.17, 15) is 4.79 Å².